The summed E-state index contributed by atoms with van der Waals surface area (Å²) in [6, 6.07) is 12.4. The molecule has 2 N–H and O–H groups in total. The highest BCUT2D eigenvalue weighted by Crippen LogP contribution is 2.31. The van der Waals surface area contributed by atoms with Crippen LogP contribution in [0.3, 0.4) is 0 Å². The van der Waals surface area contributed by atoms with Gasteiger partial charge in [-0.15, -0.1) is 0 Å². The highest BCUT2D eigenvalue weighted by molar-refractivity contribution is 5.79. The molecule has 2 fully saturated rings. The smallest absolute Gasteiger partial charge is 0.227 e. The van der Waals surface area contributed by atoms with Crippen LogP contribution in [0.1, 0.15) is 36.3 Å². The van der Waals surface area contributed by atoms with Crippen molar-refractivity contribution in [2.24, 2.45) is 0 Å². The second kappa shape index (κ2) is 8.71. The average Bonchev–Trinajstić information content (AvgIpc) is 3.24. The molecule has 2 aliphatic rings. The molecule has 0 aliphatic carbocycles. The van der Waals surface area contributed by atoms with Crippen LogP contribution in [0.25, 0.3) is 0 Å². The molecule has 1 aromatic heterocycles. The molecule has 2 aliphatic heterocycles. The number of amides is 1. The summed E-state index contributed by atoms with van der Waals surface area (Å²) in [6.45, 7) is 1.69. The normalized spacial score (nSPS) is 24.9. The van der Waals surface area contributed by atoms with Crippen molar-refractivity contribution >= 4 is 5.91 Å². The van der Waals surface area contributed by atoms with E-state index in [1.54, 1.807) is 7.11 Å². The largest absolute Gasteiger partial charge is 0.497 e. The molecule has 2 saturated heterocycles. The van der Waals surface area contributed by atoms with E-state index in [-0.39, 0.29) is 18.0 Å². The summed E-state index contributed by atoms with van der Waals surface area (Å²) in [5.74, 6) is 1.32. The lowest BCUT2D eigenvalue weighted by molar-refractivity contribution is -0.134. The molecule has 148 valence electrons. The van der Waals surface area contributed by atoms with Crippen LogP contribution in [0.5, 0.6) is 5.75 Å². The fourth-order valence-corrected chi connectivity index (χ4v) is 4.51. The van der Waals surface area contributed by atoms with E-state index in [0.29, 0.717) is 12.3 Å². The zero-order chi connectivity index (χ0) is 19.3. The van der Waals surface area contributed by atoms with Crippen molar-refractivity contribution in [1.29, 1.82) is 0 Å². The van der Waals surface area contributed by atoms with Crippen LogP contribution in [-0.2, 0) is 11.2 Å². The Morgan fingerprint density at radius 3 is 2.93 bits per heavy atom. The quantitative estimate of drug-likeness (QED) is 0.833. The van der Waals surface area contributed by atoms with Gasteiger partial charge in [0.1, 0.15) is 5.75 Å². The molecule has 2 aromatic rings. The number of methoxy groups -OCH3 is 1. The van der Waals surface area contributed by atoms with Crippen LogP contribution in [0.2, 0.25) is 0 Å². The first kappa shape index (κ1) is 18.9. The molecule has 3 heterocycles. The number of likely N-dealkylation sites (tertiary alicyclic amines) is 1. The molecule has 6 heteroatoms. The molecule has 0 radical (unpaired) electrons. The summed E-state index contributed by atoms with van der Waals surface area (Å²) < 4.78 is 5.30. The number of aromatic nitrogens is 1. The predicted octanol–water partition coefficient (Wildman–Crippen LogP) is 2.27. The summed E-state index contributed by atoms with van der Waals surface area (Å²) in [6.07, 6.45) is 7.36. The van der Waals surface area contributed by atoms with Crippen molar-refractivity contribution < 1.29 is 9.53 Å². The second-order valence-corrected chi connectivity index (χ2v) is 7.62. The molecule has 3 atom stereocenters. The molecule has 1 amide bonds. The number of carbonyl (C=O) groups is 1. The molecule has 0 saturated carbocycles. The van der Waals surface area contributed by atoms with Crippen LogP contribution < -0.4 is 15.6 Å². The lowest BCUT2D eigenvalue weighted by atomic mass is 9.84. The van der Waals surface area contributed by atoms with E-state index in [1.165, 1.54) is 5.56 Å². The number of ether oxygens (including phenoxy) is 1. The van der Waals surface area contributed by atoms with Crippen molar-refractivity contribution in [3.8, 4) is 5.75 Å². The number of carbonyl (C=O) groups excluding carboxylic acids is 1. The molecule has 28 heavy (non-hydrogen) atoms. The minimum atomic E-state index is 0.194. The maximum absolute atomic E-state index is 13.2. The van der Waals surface area contributed by atoms with Crippen molar-refractivity contribution in [3.05, 3.63) is 59.9 Å². The Labute approximate surface area is 166 Å². The van der Waals surface area contributed by atoms with Gasteiger partial charge in [-0.3, -0.25) is 20.6 Å². The second-order valence-electron chi connectivity index (χ2n) is 7.62. The number of piperidine rings is 1. The van der Waals surface area contributed by atoms with Crippen LogP contribution in [-0.4, -0.2) is 48.1 Å². The summed E-state index contributed by atoms with van der Waals surface area (Å²) in [7, 11) is 1.65. The van der Waals surface area contributed by atoms with Crippen LogP contribution >= 0.6 is 0 Å². The molecule has 0 spiro atoms. The third-order valence-electron chi connectivity index (χ3n) is 5.93. The van der Waals surface area contributed by atoms with Crippen molar-refractivity contribution in [1.82, 2.24) is 20.7 Å². The first-order valence-corrected chi connectivity index (χ1v) is 10.1. The van der Waals surface area contributed by atoms with Gasteiger partial charge in [0.05, 0.1) is 13.5 Å². The van der Waals surface area contributed by atoms with Crippen LogP contribution in [0, 0.1) is 0 Å². The standard InChI is InChI=1S/C22H28N4O2/c1-28-18-6-4-5-16(13-18)14-21(27)26-12-3-2-7-20(26)22-19(15-24-25-22)17-8-10-23-11-9-17/h4-6,8-11,13,19-20,22,24-25H,2-3,7,12,14-15H2,1H3. The molecular weight excluding hydrogens is 352 g/mol. The summed E-state index contributed by atoms with van der Waals surface area (Å²) >= 11 is 0. The number of hydrogen-bond acceptors (Lipinski definition) is 5. The van der Waals surface area contributed by atoms with Gasteiger partial charge in [-0.25, -0.2) is 0 Å². The van der Waals surface area contributed by atoms with Gasteiger partial charge in [-0.2, -0.15) is 0 Å². The Morgan fingerprint density at radius 2 is 2.11 bits per heavy atom. The van der Waals surface area contributed by atoms with Gasteiger partial charge in [-0.05, 0) is 54.7 Å². The minimum absolute atomic E-state index is 0.194. The topological polar surface area (TPSA) is 66.5 Å². The third kappa shape index (κ3) is 4.03. The van der Waals surface area contributed by atoms with Crippen molar-refractivity contribution in [3.63, 3.8) is 0 Å². The first-order valence-electron chi connectivity index (χ1n) is 10.1. The maximum atomic E-state index is 13.2. The summed E-state index contributed by atoms with van der Waals surface area (Å²) in [5, 5.41) is 0. The fourth-order valence-electron chi connectivity index (χ4n) is 4.51. The maximum Gasteiger partial charge on any atom is 0.227 e. The Bertz CT molecular complexity index is 798. The molecule has 6 nitrogen and oxygen atoms in total. The predicted molar refractivity (Wildman–Crippen MR) is 108 cm³/mol. The SMILES string of the molecule is COc1cccc(CC(=O)N2CCCCC2C2NNCC2c2ccncc2)c1. The van der Waals surface area contributed by atoms with E-state index in [9.17, 15) is 4.79 Å². The minimum Gasteiger partial charge on any atom is -0.497 e. The lowest BCUT2D eigenvalue weighted by Gasteiger charge is -2.41. The van der Waals surface area contributed by atoms with Crippen molar-refractivity contribution in [2.45, 2.75) is 43.7 Å². The highest BCUT2D eigenvalue weighted by atomic mass is 16.5. The number of rotatable bonds is 5. The molecular formula is C22H28N4O2. The number of hydrazine groups is 1. The van der Waals surface area contributed by atoms with Gasteiger partial charge >= 0.3 is 0 Å². The fraction of sp³-hybridized carbons (Fsp3) is 0.455. The van der Waals surface area contributed by atoms with E-state index >= 15 is 0 Å². The van der Waals surface area contributed by atoms with E-state index in [0.717, 1.165) is 43.7 Å². The third-order valence-corrected chi connectivity index (χ3v) is 5.93. The van der Waals surface area contributed by atoms with E-state index < -0.39 is 0 Å². The Morgan fingerprint density at radius 1 is 1.25 bits per heavy atom. The van der Waals surface area contributed by atoms with E-state index in [1.807, 2.05) is 36.7 Å². The van der Waals surface area contributed by atoms with Gasteiger partial charge < -0.3 is 9.64 Å². The first-order chi connectivity index (χ1) is 13.8. The summed E-state index contributed by atoms with van der Waals surface area (Å²) in [5.41, 5.74) is 9.04. The molecule has 4 rings (SSSR count). The average molecular weight is 380 g/mol. The van der Waals surface area contributed by atoms with E-state index in [2.05, 4.69) is 32.9 Å². The van der Waals surface area contributed by atoms with Gasteiger partial charge in [0.25, 0.3) is 0 Å². The summed E-state index contributed by atoms with van der Waals surface area (Å²) in [4.78, 5) is 19.4. The molecule has 1 aromatic carbocycles. The Hall–Kier alpha value is -2.44. The number of pyridine rings is 1. The number of nitrogens with zero attached hydrogens (tertiary/aromatic N) is 2. The zero-order valence-electron chi connectivity index (χ0n) is 16.3. The van der Waals surface area contributed by atoms with Gasteiger partial charge in [0.2, 0.25) is 5.91 Å². The van der Waals surface area contributed by atoms with Crippen LogP contribution in [0.4, 0.5) is 0 Å². The molecule has 0 bridgehead atoms. The van der Waals surface area contributed by atoms with Gasteiger partial charge in [0.15, 0.2) is 0 Å². The number of hydrogen-bond donors (Lipinski definition) is 2. The number of nitrogens with one attached hydrogen (secondary N) is 2. The highest BCUT2D eigenvalue weighted by Gasteiger charge is 2.40. The molecule has 3 unspecified atom stereocenters. The van der Waals surface area contributed by atoms with Gasteiger partial charge in [0, 0.05) is 43.5 Å². The Kier molecular flexibility index (Phi) is 5.88. The number of benzene rings is 1. The van der Waals surface area contributed by atoms with Crippen LogP contribution in [0.15, 0.2) is 48.8 Å². The van der Waals surface area contributed by atoms with Gasteiger partial charge in [-0.1, -0.05) is 12.1 Å². The zero-order valence-corrected chi connectivity index (χ0v) is 16.3. The van der Waals surface area contributed by atoms with E-state index in [4.69, 9.17) is 4.74 Å². The Balaban J connectivity index is 1.51. The lowest BCUT2D eigenvalue weighted by Crippen LogP contribution is -2.55. The van der Waals surface area contributed by atoms with Crippen molar-refractivity contribution in [2.75, 3.05) is 20.2 Å². The monoisotopic (exact) mass is 380 g/mol.